The second kappa shape index (κ2) is 6.64. The molecular weight excluding hydrogens is 294 g/mol. The molecule has 0 aromatic heterocycles. The van der Waals surface area contributed by atoms with Gasteiger partial charge >= 0.3 is 0 Å². The van der Waals surface area contributed by atoms with Crippen molar-refractivity contribution in [3.63, 3.8) is 0 Å². The van der Waals surface area contributed by atoms with Crippen molar-refractivity contribution < 1.29 is 23.0 Å². The molecule has 0 radical (unpaired) electrons. The molecule has 1 fully saturated rings. The summed E-state index contributed by atoms with van der Waals surface area (Å²) in [6.07, 6.45) is 1.34. The predicted octanol–water partition coefficient (Wildman–Crippen LogP) is 1.10. The lowest BCUT2D eigenvalue weighted by Crippen LogP contribution is -2.39. The van der Waals surface area contributed by atoms with Crippen molar-refractivity contribution >= 4 is 10.0 Å². The van der Waals surface area contributed by atoms with E-state index in [0.29, 0.717) is 37.4 Å². The maximum Gasteiger partial charge on any atom is 0.246 e. The third-order valence-electron chi connectivity index (χ3n) is 3.82. The van der Waals surface area contributed by atoms with E-state index in [0.717, 1.165) is 0 Å². The Hall–Kier alpha value is -1.31. The van der Waals surface area contributed by atoms with E-state index in [9.17, 15) is 8.42 Å². The van der Waals surface area contributed by atoms with Crippen LogP contribution in [0.1, 0.15) is 12.8 Å². The Kier molecular flexibility index (Phi) is 5.08. The molecule has 0 unspecified atom stereocenters. The molecular formula is C14H21NO5S. The van der Waals surface area contributed by atoms with Crippen LogP contribution in [0.15, 0.2) is 23.1 Å². The van der Waals surface area contributed by atoms with Crippen molar-refractivity contribution in [1.29, 1.82) is 0 Å². The minimum absolute atomic E-state index is 0.108. The average Bonchev–Trinajstić information content (AvgIpc) is 2.54. The Morgan fingerprint density at radius 1 is 1.24 bits per heavy atom. The van der Waals surface area contributed by atoms with Gasteiger partial charge in [0, 0.05) is 25.8 Å². The van der Waals surface area contributed by atoms with E-state index in [1.807, 2.05) is 0 Å². The normalized spacial score (nSPS) is 17.7. The van der Waals surface area contributed by atoms with E-state index in [1.54, 1.807) is 12.1 Å². The lowest BCUT2D eigenvalue weighted by Gasteiger charge is -2.30. The quantitative estimate of drug-likeness (QED) is 0.880. The largest absolute Gasteiger partial charge is 0.497 e. The minimum Gasteiger partial charge on any atom is -0.497 e. The summed E-state index contributed by atoms with van der Waals surface area (Å²) >= 11 is 0. The monoisotopic (exact) mass is 315 g/mol. The summed E-state index contributed by atoms with van der Waals surface area (Å²) in [6, 6.07) is 4.73. The molecule has 1 aromatic carbocycles. The minimum atomic E-state index is -3.62. The number of sulfonamides is 1. The summed E-state index contributed by atoms with van der Waals surface area (Å²) in [5, 5.41) is 9.14. The number of aliphatic hydroxyl groups is 1. The van der Waals surface area contributed by atoms with Gasteiger partial charge in [-0.15, -0.1) is 0 Å². The number of piperidine rings is 1. The highest BCUT2D eigenvalue weighted by molar-refractivity contribution is 7.89. The average molecular weight is 315 g/mol. The zero-order chi connectivity index (χ0) is 15.5. The van der Waals surface area contributed by atoms with Crippen LogP contribution in [-0.4, -0.2) is 51.7 Å². The summed E-state index contributed by atoms with van der Waals surface area (Å²) in [4.78, 5) is 0.117. The number of ether oxygens (including phenoxy) is 2. The second-order valence-electron chi connectivity index (χ2n) is 5.05. The van der Waals surface area contributed by atoms with E-state index in [2.05, 4.69) is 0 Å². The first kappa shape index (κ1) is 16.1. The lowest BCUT2D eigenvalue weighted by atomic mass is 10.00. The van der Waals surface area contributed by atoms with Gasteiger partial charge in [-0.05, 0) is 30.9 Å². The van der Waals surface area contributed by atoms with Gasteiger partial charge in [-0.1, -0.05) is 0 Å². The fraction of sp³-hybridized carbons (Fsp3) is 0.571. The molecule has 21 heavy (non-hydrogen) atoms. The van der Waals surface area contributed by atoms with Gasteiger partial charge in [-0.3, -0.25) is 0 Å². The van der Waals surface area contributed by atoms with Crippen LogP contribution in [0.25, 0.3) is 0 Å². The molecule has 7 heteroatoms. The highest BCUT2D eigenvalue weighted by Crippen LogP contribution is 2.32. The fourth-order valence-corrected chi connectivity index (χ4v) is 4.10. The molecule has 6 nitrogen and oxygen atoms in total. The summed E-state index contributed by atoms with van der Waals surface area (Å²) in [5.74, 6) is 0.961. The van der Waals surface area contributed by atoms with E-state index in [4.69, 9.17) is 14.6 Å². The number of hydrogen-bond donors (Lipinski definition) is 1. The van der Waals surface area contributed by atoms with E-state index in [1.165, 1.54) is 24.6 Å². The topological polar surface area (TPSA) is 76.1 Å². The van der Waals surface area contributed by atoms with Gasteiger partial charge in [-0.2, -0.15) is 4.31 Å². The van der Waals surface area contributed by atoms with E-state index < -0.39 is 10.0 Å². The van der Waals surface area contributed by atoms with Crippen molar-refractivity contribution in [2.45, 2.75) is 17.7 Å². The zero-order valence-corrected chi connectivity index (χ0v) is 13.1. The maximum absolute atomic E-state index is 12.8. The van der Waals surface area contributed by atoms with Crippen LogP contribution >= 0.6 is 0 Å². The van der Waals surface area contributed by atoms with Crippen LogP contribution in [0, 0.1) is 5.92 Å². The van der Waals surface area contributed by atoms with Crippen LogP contribution in [-0.2, 0) is 10.0 Å². The van der Waals surface area contributed by atoms with Gasteiger partial charge in [0.2, 0.25) is 10.0 Å². The molecule has 1 aromatic rings. The van der Waals surface area contributed by atoms with Gasteiger partial charge in [0.1, 0.15) is 16.4 Å². The summed E-state index contributed by atoms with van der Waals surface area (Å²) in [6.45, 7) is 0.929. The maximum atomic E-state index is 12.8. The fourth-order valence-electron chi connectivity index (χ4n) is 2.46. The number of hydrogen-bond acceptors (Lipinski definition) is 5. The highest BCUT2D eigenvalue weighted by atomic mass is 32.2. The van der Waals surface area contributed by atoms with Crippen molar-refractivity contribution in [3.05, 3.63) is 18.2 Å². The van der Waals surface area contributed by atoms with Gasteiger partial charge in [0.05, 0.1) is 14.2 Å². The smallest absolute Gasteiger partial charge is 0.246 e. The van der Waals surface area contributed by atoms with Gasteiger partial charge in [0.15, 0.2) is 0 Å². The Morgan fingerprint density at radius 3 is 2.43 bits per heavy atom. The van der Waals surface area contributed by atoms with Gasteiger partial charge in [-0.25, -0.2) is 8.42 Å². The van der Waals surface area contributed by atoms with Crippen LogP contribution in [0.3, 0.4) is 0 Å². The number of methoxy groups -OCH3 is 2. The molecule has 2 rings (SSSR count). The molecule has 0 spiro atoms. The Morgan fingerprint density at radius 2 is 1.90 bits per heavy atom. The summed E-state index contributed by atoms with van der Waals surface area (Å²) in [5.41, 5.74) is 0. The third kappa shape index (κ3) is 3.30. The first-order valence-corrected chi connectivity index (χ1v) is 8.30. The number of nitrogens with zero attached hydrogens (tertiary/aromatic N) is 1. The van der Waals surface area contributed by atoms with Gasteiger partial charge < -0.3 is 14.6 Å². The number of aliphatic hydroxyl groups excluding tert-OH is 1. The molecule has 0 bridgehead atoms. The van der Waals surface area contributed by atoms with Crippen LogP contribution in [0.2, 0.25) is 0 Å². The SMILES string of the molecule is COc1ccc(OC)c(S(=O)(=O)N2CCC(CO)CC2)c1. The molecule has 0 amide bonds. The van der Waals surface area contributed by atoms with Crippen LogP contribution in [0.5, 0.6) is 11.5 Å². The highest BCUT2D eigenvalue weighted by Gasteiger charge is 2.31. The number of rotatable bonds is 5. The van der Waals surface area contributed by atoms with Crippen molar-refractivity contribution in [3.8, 4) is 11.5 Å². The second-order valence-corrected chi connectivity index (χ2v) is 6.95. The molecule has 1 N–H and O–H groups in total. The zero-order valence-electron chi connectivity index (χ0n) is 12.3. The van der Waals surface area contributed by atoms with E-state index >= 15 is 0 Å². The first-order chi connectivity index (χ1) is 10.0. The molecule has 1 aliphatic rings. The third-order valence-corrected chi connectivity index (χ3v) is 5.74. The van der Waals surface area contributed by atoms with Crippen LogP contribution in [0.4, 0.5) is 0 Å². The standard InChI is InChI=1S/C14H21NO5S/c1-19-12-3-4-13(20-2)14(9-12)21(17,18)15-7-5-11(10-16)6-8-15/h3-4,9,11,16H,5-8,10H2,1-2H3. The Labute approximate surface area is 125 Å². The van der Waals surface area contributed by atoms with E-state index in [-0.39, 0.29) is 17.4 Å². The summed E-state index contributed by atoms with van der Waals surface area (Å²) < 4.78 is 37.2. The molecule has 1 aliphatic heterocycles. The molecule has 1 heterocycles. The van der Waals surface area contributed by atoms with Crippen LogP contribution < -0.4 is 9.47 Å². The molecule has 0 aliphatic carbocycles. The molecule has 0 atom stereocenters. The van der Waals surface area contributed by atoms with Crippen molar-refractivity contribution in [1.82, 2.24) is 4.31 Å². The lowest BCUT2D eigenvalue weighted by molar-refractivity contribution is 0.170. The van der Waals surface area contributed by atoms with Gasteiger partial charge in [0.25, 0.3) is 0 Å². The summed E-state index contributed by atoms with van der Waals surface area (Å²) in [7, 11) is -0.688. The molecule has 118 valence electrons. The molecule has 0 saturated carbocycles. The predicted molar refractivity (Wildman–Crippen MR) is 78.1 cm³/mol. The first-order valence-electron chi connectivity index (χ1n) is 6.86. The van der Waals surface area contributed by atoms with Crippen molar-refractivity contribution in [2.75, 3.05) is 33.9 Å². The number of benzene rings is 1. The van der Waals surface area contributed by atoms with Crippen molar-refractivity contribution in [2.24, 2.45) is 5.92 Å². The Bertz CT molecular complexity index is 579. The Balaban J connectivity index is 2.31. The molecule has 1 saturated heterocycles.